The van der Waals surface area contributed by atoms with Crippen LogP contribution in [-0.4, -0.2) is 62.5 Å². The maximum Gasteiger partial charge on any atom is 0.435 e. The number of aliphatic imine (C=N–C) groups is 1. The lowest BCUT2D eigenvalue weighted by molar-refractivity contribution is -0.275. The third-order valence-electron chi connectivity index (χ3n) is 5.83. The minimum Gasteiger partial charge on any atom is -0.389 e. The summed E-state index contributed by atoms with van der Waals surface area (Å²) in [6.07, 6.45) is -4.61. The number of carbonyl (C=O) groups is 1. The summed E-state index contributed by atoms with van der Waals surface area (Å²) in [4.78, 5) is 24.2. The van der Waals surface area contributed by atoms with Crippen molar-refractivity contribution in [2.24, 2.45) is 10.1 Å². The normalized spacial score (nSPS) is 17.8. The van der Waals surface area contributed by atoms with Crippen LogP contribution in [0.2, 0.25) is 10.0 Å². The van der Waals surface area contributed by atoms with E-state index in [1.807, 2.05) is 25.9 Å². The van der Waals surface area contributed by atoms with Crippen molar-refractivity contribution in [3.63, 3.8) is 0 Å². The SMILES string of the molecule is CCNC(=NCCCN(C)C)OC(=O)c1ccc(C2=NOC(c3cc(Cl)cc(Cl)c3)(C(F)(F)F)C2)cc1C. The third-order valence-corrected chi connectivity index (χ3v) is 6.27. The van der Waals surface area contributed by atoms with Crippen LogP contribution in [0.3, 0.4) is 0 Å². The van der Waals surface area contributed by atoms with Crippen LogP contribution in [0.5, 0.6) is 0 Å². The Morgan fingerprint density at radius 2 is 1.89 bits per heavy atom. The fraction of sp³-hybridized carbons (Fsp3) is 0.423. The van der Waals surface area contributed by atoms with Gasteiger partial charge < -0.3 is 19.8 Å². The second kappa shape index (κ2) is 12.4. The summed E-state index contributed by atoms with van der Waals surface area (Å²) in [5, 5.41) is 6.78. The van der Waals surface area contributed by atoms with Crippen molar-refractivity contribution < 1.29 is 27.5 Å². The minimum atomic E-state index is -4.81. The van der Waals surface area contributed by atoms with E-state index >= 15 is 0 Å². The van der Waals surface area contributed by atoms with E-state index in [4.69, 9.17) is 32.8 Å². The van der Waals surface area contributed by atoms with E-state index in [0.717, 1.165) is 25.1 Å². The van der Waals surface area contributed by atoms with Crippen molar-refractivity contribution in [3.8, 4) is 0 Å². The van der Waals surface area contributed by atoms with Gasteiger partial charge in [0.05, 0.1) is 11.3 Å². The highest BCUT2D eigenvalue weighted by molar-refractivity contribution is 6.34. The zero-order valence-electron chi connectivity index (χ0n) is 21.5. The van der Waals surface area contributed by atoms with Crippen LogP contribution in [0.25, 0.3) is 0 Å². The van der Waals surface area contributed by atoms with Crippen molar-refractivity contribution in [1.29, 1.82) is 0 Å². The molecule has 7 nitrogen and oxygen atoms in total. The molecule has 0 aromatic heterocycles. The summed E-state index contributed by atoms with van der Waals surface area (Å²) in [5.41, 5.74) is -1.81. The largest absolute Gasteiger partial charge is 0.435 e. The highest BCUT2D eigenvalue weighted by Gasteiger charge is 2.62. The molecule has 0 aliphatic carbocycles. The van der Waals surface area contributed by atoms with Gasteiger partial charge in [-0.3, -0.25) is 0 Å². The smallest absolute Gasteiger partial charge is 0.389 e. The van der Waals surface area contributed by atoms with E-state index in [0.29, 0.717) is 24.2 Å². The van der Waals surface area contributed by atoms with Crippen LogP contribution in [0.15, 0.2) is 46.5 Å². The Balaban J connectivity index is 1.79. The number of oxime groups is 1. The van der Waals surface area contributed by atoms with Crippen molar-refractivity contribution in [2.75, 3.05) is 33.7 Å². The first-order valence-electron chi connectivity index (χ1n) is 11.9. The van der Waals surface area contributed by atoms with Crippen LogP contribution < -0.4 is 5.32 Å². The first kappa shape index (κ1) is 29.7. The molecular weight excluding hydrogens is 544 g/mol. The number of hydrogen-bond acceptors (Lipinski definition) is 6. The lowest BCUT2D eigenvalue weighted by atomic mass is 9.86. The molecule has 0 bridgehead atoms. The molecule has 2 aromatic rings. The average Bonchev–Trinajstić information content (AvgIpc) is 3.28. The fourth-order valence-electron chi connectivity index (χ4n) is 3.90. The monoisotopic (exact) mass is 572 g/mol. The van der Waals surface area contributed by atoms with Crippen molar-refractivity contribution >= 4 is 40.9 Å². The molecule has 0 amide bonds. The Bertz CT molecular complexity index is 1210. The molecule has 0 spiro atoms. The first-order chi connectivity index (χ1) is 17.9. The van der Waals surface area contributed by atoms with Gasteiger partial charge in [0, 0.05) is 35.1 Å². The van der Waals surface area contributed by atoms with Crippen LogP contribution >= 0.6 is 23.2 Å². The average molecular weight is 573 g/mol. The van der Waals surface area contributed by atoms with Crippen LogP contribution in [0, 0.1) is 6.92 Å². The quantitative estimate of drug-likeness (QED) is 0.183. The van der Waals surface area contributed by atoms with Gasteiger partial charge in [-0.2, -0.15) is 13.2 Å². The van der Waals surface area contributed by atoms with Gasteiger partial charge in [0.2, 0.25) is 0 Å². The molecule has 12 heteroatoms. The molecule has 1 N–H and O–H groups in total. The summed E-state index contributed by atoms with van der Waals surface area (Å²) in [5.74, 6) is -0.635. The van der Waals surface area contributed by atoms with Gasteiger partial charge >= 0.3 is 12.1 Å². The molecule has 206 valence electrons. The molecule has 38 heavy (non-hydrogen) atoms. The molecule has 0 radical (unpaired) electrons. The number of alkyl halides is 3. The molecule has 0 fully saturated rings. The molecule has 1 atom stereocenters. The number of nitrogens with zero attached hydrogens (tertiary/aromatic N) is 3. The van der Waals surface area contributed by atoms with Crippen LogP contribution in [0.1, 0.15) is 46.8 Å². The van der Waals surface area contributed by atoms with Crippen molar-refractivity contribution in [1.82, 2.24) is 10.2 Å². The third kappa shape index (κ3) is 6.98. The first-order valence-corrected chi connectivity index (χ1v) is 12.7. The van der Waals surface area contributed by atoms with Crippen LogP contribution in [0.4, 0.5) is 13.2 Å². The standard InChI is InChI=1S/C26H29Cl2F3N4O3/c1-5-32-24(33-9-6-10-35(3)4)37-23(36)21-8-7-17(11-16(21)2)22-15-25(38-34-22,26(29,30)31)18-12-19(27)14-20(28)13-18/h7-8,11-14H,5-6,9-10,15H2,1-4H3,(H,32,33). The zero-order valence-corrected chi connectivity index (χ0v) is 23.0. The number of carbonyl (C=O) groups excluding carboxylic acids is 1. The Labute approximate surface area is 229 Å². The minimum absolute atomic E-state index is 0.0463. The van der Waals surface area contributed by atoms with E-state index in [1.165, 1.54) is 18.2 Å². The summed E-state index contributed by atoms with van der Waals surface area (Å²) < 4.78 is 48.3. The number of nitrogens with one attached hydrogen (secondary N) is 1. The molecule has 0 saturated heterocycles. The highest BCUT2D eigenvalue weighted by Crippen LogP contribution is 2.49. The predicted octanol–water partition coefficient (Wildman–Crippen LogP) is 5.96. The molecule has 2 aromatic carbocycles. The molecule has 0 saturated carbocycles. The molecular formula is C26H29Cl2F3N4O3. The Morgan fingerprint density at radius 3 is 2.47 bits per heavy atom. The number of amidine groups is 1. The second-order valence-electron chi connectivity index (χ2n) is 9.08. The lowest BCUT2D eigenvalue weighted by Gasteiger charge is -2.29. The van der Waals surface area contributed by atoms with E-state index in [9.17, 15) is 18.0 Å². The highest BCUT2D eigenvalue weighted by atomic mass is 35.5. The maximum absolute atomic E-state index is 14.3. The van der Waals surface area contributed by atoms with Gasteiger partial charge in [0.15, 0.2) is 0 Å². The molecule has 1 unspecified atom stereocenters. The van der Waals surface area contributed by atoms with Gasteiger partial charge in [0.25, 0.3) is 11.6 Å². The van der Waals surface area contributed by atoms with E-state index in [1.54, 1.807) is 13.0 Å². The predicted molar refractivity (Wildman–Crippen MR) is 142 cm³/mol. The maximum atomic E-state index is 14.3. The van der Waals surface area contributed by atoms with Crippen LogP contribution in [-0.2, 0) is 15.2 Å². The van der Waals surface area contributed by atoms with E-state index in [-0.39, 0.29) is 32.9 Å². The molecule has 1 heterocycles. The summed E-state index contributed by atoms with van der Waals surface area (Å²) in [6, 6.07) is 8.33. The van der Waals surface area contributed by atoms with Gasteiger partial charge in [-0.1, -0.05) is 34.4 Å². The van der Waals surface area contributed by atoms with E-state index in [2.05, 4.69) is 15.5 Å². The topological polar surface area (TPSA) is 75.5 Å². The van der Waals surface area contributed by atoms with E-state index < -0.39 is 24.2 Å². The molecule has 1 aliphatic heterocycles. The number of benzene rings is 2. The number of esters is 1. The molecule has 1 aliphatic rings. The summed E-state index contributed by atoms with van der Waals surface area (Å²) in [6.45, 7) is 5.34. The number of ether oxygens (including phenoxy) is 1. The number of rotatable bonds is 8. The number of hydrogen-bond donors (Lipinski definition) is 1. The number of halogens is 5. The fourth-order valence-corrected chi connectivity index (χ4v) is 4.43. The van der Waals surface area contributed by atoms with Gasteiger partial charge in [-0.15, -0.1) is 0 Å². The summed E-state index contributed by atoms with van der Waals surface area (Å²) >= 11 is 11.9. The molecule has 3 rings (SSSR count). The lowest BCUT2D eigenvalue weighted by Crippen LogP contribution is -2.42. The Kier molecular flexibility index (Phi) is 9.67. The zero-order chi connectivity index (χ0) is 28.1. The van der Waals surface area contributed by atoms with Gasteiger partial charge in [0.1, 0.15) is 0 Å². The van der Waals surface area contributed by atoms with Gasteiger partial charge in [-0.25, -0.2) is 9.79 Å². The summed E-state index contributed by atoms with van der Waals surface area (Å²) in [7, 11) is 3.92. The number of aryl methyl sites for hydroxylation is 1. The second-order valence-corrected chi connectivity index (χ2v) is 9.96. The van der Waals surface area contributed by atoms with Crippen molar-refractivity contribution in [3.05, 3.63) is 68.7 Å². The van der Waals surface area contributed by atoms with Gasteiger partial charge in [-0.05, 0) is 82.4 Å². The Morgan fingerprint density at radius 1 is 1.21 bits per heavy atom. The Hall–Kier alpha value is -2.82. The van der Waals surface area contributed by atoms with Crippen molar-refractivity contribution in [2.45, 2.75) is 38.5 Å².